The van der Waals surface area contributed by atoms with Gasteiger partial charge in [0.05, 0.1) is 6.10 Å². The molecule has 126 valence electrons. The SMILES string of the molecule is CCN(CC)C(=O)c1ccc(C(=O)N2CCC(C(C)O)C2)cc1. The van der Waals surface area contributed by atoms with E-state index in [0.717, 1.165) is 6.42 Å². The Morgan fingerprint density at radius 2 is 1.78 bits per heavy atom. The van der Waals surface area contributed by atoms with E-state index >= 15 is 0 Å². The lowest BCUT2D eigenvalue weighted by Crippen LogP contribution is -2.31. The Morgan fingerprint density at radius 1 is 1.22 bits per heavy atom. The number of carbonyl (C=O) groups excluding carboxylic acids is 2. The van der Waals surface area contributed by atoms with E-state index in [4.69, 9.17) is 0 Å². The topological polar surface area (TPSA) is 60.9 Å². The molecule has 5 heteroatoms. The third-order valence-corrected chi connectivity index (χ3v) is 4.62. The molecule has 2 rings (SSSR count). The van der Waals surface area contributed by atoms with Crippen molar-refractivity contribution in [1.82, 2.24) is 9.80 Å². The van der Waals surface area contributed by atoms with Crippen LogP contribution in [0.5, 0.6) is 0 Å². The second kappa shape index (κ2) is 7.59. The summed E-state index contributed by atoms with van der Waals surface area (Å²) < 4.78 is 0. The molecule has 1 saturated heterocycles. The molecule has 1 aliphatic rings. The van der Waals surface area contributed by atoms with Crippen molar-refractivity contribution in [3.63, 3.8) is 0 Å². The van der Waals surface area contributed by atoms with Crippen LogP contribution in [-0.2, 0) is 0 Å². The fourth-order valence-corrected chi connectivity index (χ4v) is 3.00. The van der Waals surface area contributed by atoms with Gasteiger partial charge in [-0.15, -0.1) is 0 Å². The van der Waals surface area contributed by atoms with Crippen molar-refractivity contribution < 1.29 is 14.7 Å². The smallest absolute Gasteiger partial charge is 0.253 e. The lowest BCUT2D eigenvalue weighted by atomic mass is 10.0. The van der Waals surface area contributed by atoms with Crippen LogP contribution in [0.2, 0.25) is 0 Å². The van der Waals surface area contributed by atoms with Crippen molar-refractivity contribution >= 4 is 11.8 Å². The second-order valence-electron chi connectivity index (χ2n) is 6.10. The number of aliphatic hydroxyl groups excluding tert-OH is 1. The van der Waals surface area contributed by atoms with Gasteiger partial charge in [0.2, 0.25) is 0 Å². The summed E-state index contributed by atoms with van der Waals surface area (Å²) in [5.41, 5.74) is 1.20. The third kappa shape index (κ3) is 3.91. The molecule has 0 aliphatic carbocycles. The Labute approximate surface area is 137 Å². The number of benzene rings is 1. The predicted molar refractivity (Wildman–Crippen MR) is 89.4 cm³/mol. The molecule has 2 atom stereocenters. The van der Waals surface area contributed by atoms with Gasteiger partial charge in [0.25, 0.3) is 11.8 Å². The van der Waals surface area contributed by atoms with E-state index in [1.165, 1.54) is 0 Å². The number of nitrogens with zero attached hydrogens (tertiary/aromatic N) is 2. The van der Waals surface area contributed by atoms with Gasteiger partial charge in [0, 0.05) is 43.2 Å². The van der Waals surface area contributed by atoms with E-state index in [1.54, 1.807) is 41.0 Å². The van der Waals surface area contributed by atoms with E-state index in [1.807, 2.05) is 13.8 Å². The predicted octanol–water partition coefficient (Wildman–Crippen LogP) is 2.01. The first-order chi connectivity index (χ1) is 11.0. The first-order valence-electron chi connectivity index (χ1n) is 8.34. The molecule has 1 heterocycles. The van der Waals surface area contributed by atoms with E-state index < -0.39 is 0 Å². The highest BCUT2D eigenvalue weighted by Crippen LogP contribution is 2.21. The van der Waals surface area contributed by atoms with Crippen LogP contribution in [0.4, 0.5) is 0 Å². The Bertz CT molecular complexity index is 550. The molecule has 1 N–H and O–H groups in total. The van der Waals surface area contributed by atoms with Gasteiger partial charge < -0.3 is 14.9 Å². The van der Waals surface area contributed by atoms with Crippen molar-refractivity contribution in [1.29, 1.82) is 0 Å². The highest BCUT2D eigenvalue weighted by atomic mass is 16.3. The van der Waals surface area contributed by atoms with Crippen molar-refractivity contribution in [2.24, 2.45) is 5.92 Å². The molecule has 1 fully saturated rings. The van der Waals surface area contributed by atoms with E-state index in [9.17, 15) is 14.7 Å². The zero-order valence-corrected chi connectivity index (χ0v) is 14.2. The molecule has 0 aromatic heterocycles. The van der Waals surface area contributed by atoms with Crippen molar-refractivity contribution in [3.05, 3.63) is 35.4 Å². The number of carbonyl (C=O) groups is 2. The lowest BCUT2D eigenvalue weighted by molar-refractivity contribution is 0.0754. The summed E-state index contributed by atoms with van der Waals surface area (Å²) in [5, 5.41) is 9.64. The molecule has 0 bridgehead atoms. The van der Waals surface area contributed by atoms with Gasteiger partial charge in [0.1, 0.15) is 0 Å². The fraction of sp³-hybridized carbons (Fsp3) is 0.556. The summed E-state index contributed by atoms with van der Waals surface area (Å²) in [4.78, 5) is 28.3. The van der Waals surface area contributed by atoms with Gasteiger partial charge >= 0.3 is 0 Å². The zero-order chi connectivity index (χ0) is 17.0. The molecule has 0 saturated carbocycles. The maximum atomic E-state index is 12.5. The van der Waals surface area contributed by atoms with Crippen LogP contribution in [0, 0.1) is 5.92 Å². The van der Waals surface area contributed by atoms with Crippen LogP contribution in [0.3, 0.4) is 0 Å². The molecule has 2 amide bonds. The highest BCUT2D eigenvalue weighted by molar-refractivity contribution is 5.97. The number of hydrogen-bond acceptors (Lipinski definition) is 3. The monoisotopic (exact) mass is 318 g/mol. The number of likely N-dealkylation sites (tertiary alicyclic amines) is 1. The first kappa shape index (κ1) is 17.5. The highest BCUT2D eigenvalue weighted by Gasteiger charge is 2.29. The van der Waals surface area contributed by atoms with Gasteiger partial charge in [-0.3, -0.25) is 9.59 Å². The minimum absolute atomic E-state index is 0.00987. The summed E-state index contributed by atoms with van der Waals surface area (Å²) in [6, 6.07) is 6.87. The van der Waals surface area contributed by atoms with Crippen molar-refractivity contribution in [2.75, 3.05) is 26.2 Å². The standard InChI is InChI=1S/C18H26N2O3/c1-4-19(5-2)17(22)14-6-8-15(9-7-14)18(23)20-11-10-16(12-20)13(3)21/h6-9,13,16,21H,4-5,10-12H2,1-3H3. The zero-order valence-electron chi connectivity index (χ0n) is 14.2. The average Bonchev–Trinajstić information content (AvgIpc) is 3.05. The normalized spacial score (nSPS) is 18.8. The maximum Gasteiger partial charge on any atom is 0.253 e. The Kier molecular flexibility index (Phi) is 5.77. The number of rotatable bonds is 5. The molecule has 0 radical (unpaired) electrons. The van der Waals surface area contributed by atoms with Crippen LogP contribution < -0.4 is 0 Å². The van der Waals surface area contributed by atoms with Crippen molar-refractivity contribution in [3.8, 4) is 0 Å². The lowest BCUT2D eigenvalue weighted by Gasteiger charge is -2.19. The van der Waals surface area contributed by atoms with Crippen LogP contribution in [-0.4, -0.2) is 59.0 Å². The molecule has 5 nitrogen and oxygen atoms in total. The molecule has 0 spiro atoms. The Balaban J connectivity index is 2.05. The Hall–Kier alpha value is -1.88. The van der Waals surface area contributed by atoms with Gasteiger partial charge in [-0.05, 0) is 51.5 Å². The maximum absolute atomic E-state index is 12.5. The average molecular weight is 318 g/mol. The molecule has 1 aliphatic heterocycles. The van der Waals surface area contributed by atoms with Crippen LogP contribution in [0.15, 0.2) is 24.3 Å². The quantitative estimate of drug-likeness (QED) is 0.903. The molecule has 2 unspecified atom stereocenters. The third-order valence-electron chi connectivity index (χ3n) is 4.62. The van der Waals surface area contributed by atoms with Gasteiger partial charge in [-0.1, -0.05) is 0 Å². The summed E-state index contributed by atoms with van der Waals surface area (Å²) in [7, 11) is 0. The van der Waals surface area contributed by atoms with Crippen LogP contribution in [0.25, 0.3) is 0 Å². The summed E-state index contributed by atoms with van der Waals surface area (Å²) >= 11 is 0. The number of hydrogen-bond donors (Lipinski definition) is 1. The summed E-state index contributed by atoms with van der Waals surface area (Å²) in [5.74, 6) is 0.113. The van der Waals surface area contributed by atoms with E-state index in [0.29, 0.717) is 37.3 Å². The summed E-state index contributed by atoms with van der Waals surface area (Å²) in [6.07, 6.45) is 0.448. The van der Waals surface area contributed by atoms with Gasteiger partial charge in [-0.25, -0.2) is 0 Å². The van der Waals surface area contributed by atoms with Crippen molar-refractivity contribution in [2.45, 2.75) is 33.3 Å². The second-order valence-corrected chi connectivity index (χ2v) is 6.10. The molecule has 23 heavy (non-hydrogen) atoms. The number of aliphatic hydroxyl groups is 1. The number of amides is 2. The minimum atomic E-state index is -0.387. The largest absolute Gasteiger partial charge is 0.393 e. The van der Waals surface area contributed by atoms with Crippen LogP contribution in [0.1, 0.15) is 47.9 Å². The van der Waals surface area contributed by atoms with Gasteiger partial charge in [-0.2, -0.15) is 0 Å². The minimum Gasteiger partial charge on any atom is -0.393 e. The molecule has 1 aromatic carbocycles. The molecular weight excluding hydrogens is 292 g/mol. The van der Waals surface area contributed by atoms with Crippen LogP contribution >= 0.6 is 0 Å². The van der Waals surface area contributed by atoms with E-state index in [2.05, 4.69) is 0 Å². The molecular formula is C18H26N2O3. The fourth-order valence-electron chi connectivity index (χ4n) is 3.00. The van der Waals surface area contributed by atoms with Gasteiger partial charge in [0.15, 0.2) is 0 Å². The first-order valence-corrected chi connectivity index (χ1v) is 8.34. The molecule has 1 aromatic rings. The van der Waals surface area contributed by atoms with E-state index in [-0.39, 0.29) is 23.8 Å². The Morgan fingerprint density at radius 3 is 2.26 bits per heavy atom. The summed E-state index contributed by atoms with van der Waals surface area (Å²) in [6.45, 7) is 8.28.